The second kappa shape index (κ2) is 7.59. The first-order valence-electron chi connectivity index (χ1n) is 7.32. The Hall–Kier alpha value is -1.89. The van der Waals surface area contributed by atoms with Gasteiger partial charge in [-0.2, -0.15) is 0 Å². The highest BCUT2D eigenvalue weighted by Crippen LogP contribution is 2.29. The van der Waals surface area contributed by atoms with Gasteiger partial charge in [0, 0.05) is 47.7 Å². The number of halogens is 1. The number of ether oxygens (including phenoxy) is 1. The largest absolute Gasteiger partial charge is 0.478 e. The van der Waals surface area contributed by atoms with Crippen molar-refractivity contribution in [3.05, 3.63) is 27.9 Å². The molecule has 0 amide bonds. The molecule has 1 unspecified atom stereocenters. The number of pyridine rings is 1. The van der Waals surface area contributed by atoms with Crippen LogP contribution in [0.1, 0.15) is 25.8 Å². The van der Waals surface area contributed by atoms with Crippen LogP contribution in [0.2, 0.25) is 0 Å². The number of hydrogen-bond acceptors (Lipinski definition) is 5. The molecule has 0 spiro atoms. The number of anilines is 1. The number of carboxylic acids is 1. The Bertz CT molecular complexity index is 645. The number of nitrogens with zero attached hydrogens (tertiary/aromatic N) is 2. The Kier molecular flexibility index (Phi) is 5.76. The van der Waals surface area contributed by atoms with E-state index < -0.39 is 5.97 Å². The molecule has 1 N–H and O–H groups in total. The third kappa shape index (κ3) is 4.79. The highest BCUT2D eigenvalue weighted by atomic mass is 79.9. The van der Waals surface area contributed by atoms with Crippen LogP contribution in [-0.4, -0.2) is 41.7 Å². The molecule has 1 aromatic rings. The average Bonchev–Trinajstić information content (AvgIpc) is 2.93. The summed E-state index contributed by atoms with van der Waals surface area (Å²) in [5.74, 6) is -0.211. The lowest BCUT2D eigenvalue weighted by atomic mass is 10.1. The molecule has 1 fully saturated rings. The molecular formula is C16H19BrN2O4. The van der Waals surface area contributed by atoms with Crippen molar-refractivity contribution < 1.29 is 19.4 Å². The molecule has 1 saturated heterocycles. The van der Waals surface area contributed by atoms with Gasteiger partial charge >= 0.3 is 11.9 Å². The Labute approximate surface area is 143 Å². The van der Waals surface area contributed by atoms with Gasteiger partial charge in [-0.15, -0.1) is 0 Å². The number of carbonyl (C=O) groups is 2. The Morgan fingerprint density at radius 2 is 2.26 bits per heavy atom. The summed E-state index contributed by atoms with van der Waals surface area (Å²) in [6.07, 6.45) is 4.23. The minimum absolute atomic E-state index is 0.252. The van der Waals surface area contributed by atoms with Crippen LogP contribution >= 0.6 is 15.9 Å². The SMILES string of the molecule is CC(=O)OCC1CCN(c2ncc(Br)cc2C=C(C)C(=O)O)C1. The number of esters is 1. The zero-order valence-corrected chi connectivity index (χ0v) is 14.7. The molecule has 2 rings (SSSR count). The van der Waals surface area contributed by atoms with E-state index in [0.717, 1.165) is 35.4 Å². The van der Waals surface area contributed by atoms with Crippen LogP contribution in [0.5, 0.6) is 0 Å². The molecular weight excluding hydrogens is 364 g/mol. The quantitative estimate of drug-likeness (QED) is 0.622. The van der Waals surface area contributed by atoms with Gasteiger partial charge in [-0.25, -0.2) is 9.78 Å². The van der Waals surface area contributed by atoms with E-state index in [0.29, 0.717) is 6.61 Å². The summed E-state index contributed by atoms with van der Waals surface area (Å²) in [4.78, 5) is 28.5. The van der Waals surface area contributed by atoms with E-state index in [9.17, 15) is 9.59 Å². The van der Waals surface area contributed by atoms with Crippen molar-refractivity contribution in [1.29, 1.82) is 0 Å². The Morgan fingerprint density at radius 1 is 1.52 bits per heavy atom. The van der Waals surface area contributed by atoms with E-state index in [1.54, 1.807) is 19.2 Å². The minimum Gasteiger partial charge on any atom is -0.478 e. The van der Waals surface area contributed by atoms with E-state index in [4.69, 9.17) is 9.84 Å². The fourth-order valence-corrected chi connectivity index (χ4v) is 2.86. The van der Waals surface area contributed by atoms with Crippen LogP contribution in [0.25, 0.3) is 6.08 Å². The van der Waals surface area contributed by atoms with E-state index >= 15 is 0 Å². The molecule has 6 nitrogen and oxygen atoms in total. The molecule has 1 aliphatic heterocycles. The standard InChI is InChI=1S/C16H19BrN2O4/c1-10(16(21)22)5-13-6-14(17)7-18-15(13)19-4-3-12(8-19)9-23-11(2)20/h5-7,12H,3-4,8-9H2,1-2H3,(H,21,22). The van der Waals surface area contributed by atoms with Crippen LogP contribution in [0, 0.1) is 5.92 Å². The first-order valence-corrected chi connectivity index (χ1v) is 8.11. The molecule has 0 aliphatic carbocycles. The van der Waals surface area contributed by atoms with Crippen molar-refractivity contribution in [2.75, 3.05) is 24.6 Å². The Balaban J connectivity index is 2.18. The van der Waals surface area contributed by atoms with Gasteiger partial charge in [0.15, 0.2) is 0 Å². The van der Waals surface area contributed by atoms with Gasteiger partial charge in [0.1, 0.15) is 5.82 Å². The first-order chi connectivity index (χ1) is 10.9. The molecule has 0 bridgehead atoms. The molecule has 1 atom stereocenters. The van der Waals surface area contributed by atoms with Gasteiger partial charge < -0.3 is 14.7 Å². The van der Waals surface area contributed by atoms with Gasteiger partial charge in [0.05, 0.1) is 6.61 Å². The van der Waals surface area contributed by atoms with Crippen LogP contribution < -0.4 is 4.90 Å². The summed E-state index contributed by atoms with van der Waals surface area (Å²) in [7, 11) is 0. The van der Waals surface area contributed by atoms with Gasteiger partial charge in [0.25, 0.3) is 0 Å². The number of aliphatic carboxylic acids is 1. The maximum Gasteiger partial charge on any atom is 0.331 e. The molecule has 0 radical (unpaired) electrons. The molecule has 1 aliphatic rings. The van der Waals surface area contributed by atoms with Gasteiger partial charge in [-0.05, 0) is 41.4 Å². The van der Waals surface area contributed by atoms with Crippen LogP contribution in [0.15, 0.2) is 22.3 Å². The number of aromatic nitrogens is 1. The van der Waals surface area contributed by atoms with Crippen LogP contribution in [-0.2, 0) is 14.3 Å². The summed E-state index contributed by atoms with van der Waals surface area (Å²) in [6, 6.07) is 1.86. The highest BCUT2D eigenvalue weighted by Gasteiger charge is 2.26. The normalized spacial score (nSPS) is 18.1. The van der Waals surface area contributed by atoms with Crippen molar-refractivity contribution in [3.63, 3.8) is 0 Å². The number of carbonyl (C=O) groups excluding carboxylic acids is 1. The van der Waals surface area contributed by atoms with Gasteiger partial charge in [-0.1, -0.05) is 0 Å². The maximum absolute atomic E-state index is 11.1. The zero-order valence-electron chi connectivity index (χ0n) is 13.1. The summed E-state index contributed by atoms with van der Waals surface area (Å²) in [5.41, 5.74) is 1.01. The lowest BCUT2D eigenvalue weighted by Crippen LogP contribution is -2.23. The van der Waals surface area contributed by atoms with Gasteiger partial charge in [0.2, 0.25) is 0 Å². The molecule has 7 heteroatoms. The highest BCUT2D eigenvalue weighted by molar-refractivity contribution is 9.10. The maximum atomic E-state index is 11.1. The lowest BCUT2D eigenvalue weighted by Gasteiger charge is -2.20. The minimum atomic E-state index is -0.954. The average molecular weight is 383 g/mol. The molecule has 1 aromatic heterocycles. The fourth-order valence-electron chi connectivity index (χ4n) is 2.51. The van der Waals surface area contributed by atoms with E-state index in [1.807, 2.05) is 6.07 Å². The van der Waals surface area contributed by atoms with Crippen molar-refractivity contribution in [2.45, 2.75) is 20.3 Å². The second-order valence-corrected chi connectivity index (χ2v) is 6.52. The fraction of sp³-hybridized carbons (Fsp3) is 0.438. The van der Waals surface area contributed by atoms with Crippen molar-refractivity contribution in [1.82, 2.24) is 4.98 Å². The summed E-state index contributed by atoms with van der Waals surface area (Å²) < 4.78 is 5.87. The molecule has 0 saturated carbocycles. The Morgan fingerprint density at radius 3 is 2.91 bits per heavy atom. The number of rotatable bonds is 5. The molecule has 0 aromatic carbocycles. The van der Waals surface area contributed by atoms with Gasteiger partial charge in [-0.3, -0.25) is 4.79 Å². The summed E-state index contributed by atoms with van der Waals surface area (Å²) >= 11 is 3.37. The van der Waals surface area contributed by atoms with Crippen molar-refractivity contribution in [2.24, 2.45) is 5.92 Å². The van der Waals surface area contributed by atoms with Crippen molar-refractivity contribution in [3.8, 4) is 0 Å². The van der Waals surface area contributed by atoms with Crippen LogP contribution in [0.4, 0.5) is 5.82 Å². The lowest BCUT2D eigenvalue weighted by molar-refractivity contribution is -0.142. The van der Waals surface area contributed by atoms with Crippen LogP contribution in [0.3, 0.4) is 0 Å². The monoisotopic (exact) mass is 382 g/mol. The van der Waals surface area contributed by atoms with E-state index in [2.05, 4.69) is 25.8 Å². The van der Waals surface area contributed by atoms with Crippen molar-refractivity contribution >= 4 is 39.8 Å². The zero-order chi connectivity index (χ0) is 17.0. The first kappa shape index (κ1) is 17.5. The third-order valence-corrected chi connectivity index (χ3v) is 4.11. The molecule has 23 heavy (non-hydrogen) atoms. The summed E-state index contributed by atoms with van der Waals surface area (Å²) in [5, 5.41) is 9.07. The predicted molar refractivity (Wildman–Crippen MR) is 90.2 cm³/mol. The smallest absolute Gasteiger partial charge is 0.331 e. The number of carboxylic acid groups (broad SMARTS) is 1. The predicted octanol–water partition coefficient (Wildman–Crippen LogP) is 2.72. The second-order valence-electron chi connectivity index (χ2n) is 5.60. The molecule has 2 heterocycles. The van der Waals surface area contributed by atoms with E-state index in [1.165, 1.54) is 6.92 Å². The third-order valence-electron chi connectivity index (χ3n) is 3.68. The topological polar surface area (TPSA) is 79.7 Å². The van der Waals surface area contributed by atoms with E-state index in [-0.39, 0.29) is 17.5 Å². The number of hydrogen-bond donors (Lipinski definition) is 1. The molecule has 124 valence electrons. The summed E-state index contributed by atoms with van der Waals surface area (Å²) in [6.45, 7) is 4.89.